The minimum Gasteiger partial charge on any atom is -0.390 e. The average molecular weight is 174 g/mol. The summed E-state index contributed by atoms with van der Waals surface area (Å²) in [5.41, 5.74) is 0. The third-order valence-corrected chi connectivity index (χ3v) is 1.86. The number of hydrogen-bond donors (Lipinski definition) is 1. The van der Waals surface area contributed by atoms with E-state index in [-0.39, 0.29) is 18.3 Å². The highest BCUT2D eigenvalue weighted by Gasteiger charge is 2.17. The van der Waals surface area contributed by atoms with Gasteiger partial charge in [0.05, 0.1) is 12.7 Å². The molecule has 0 heterocycles. The second-order valence-corrected chi connectivity index (χ2v) is 3.04. The summed E-state index contributed by atoms with van der Waals surface area (Å²) in [4.78, 5) is 10.8. The molecule has 0 radical (unpaired) electrons. The summed E-state index contributed by atoms with van der Waals surface area (Å²) in [6.07, 6.45) is 0.273. The van der Waals surface area contributed by atoms with Crippen molar-refractivity contribution in [3.8, 4) is 0 Å². The highest BCUT2D eigenvalue weighted by atomic mass is 16.5. The summed E-state index contributed by atoms with van der Waals surface area (Å²) in [5, 5.41) is 9.37. The van der Waals surface area contributed by atoms with Crippen LogP contribution in [0.4, 0.5) is 0 Å². The summed E-state index contributed by atoms with van der Waals surface area (Å²) < 4.78 is 5.11. The van der Waals surface area contributed by atoms with Gasteiger partial charge < -0.3 is 9.84 Å². The van der Waals surface area contributed by atoms with Crippen LogP contribution in [-0.2, 0) is 9.53 Å². The van der Waals surface area contributed by atoms with Gasteiger partial charge >= 0.3 is 0 Å². The molecular weight excluding hydrogens is 156 g/mol. The Kier molecular flexibility index (Phi) is 5.93. The van der Waals surface area contributed by atoms with Crippen molar-refractivity contribution in [3.63, 3.8) is 0 Å². The number of carbonyl (C=O) groups excluding carboxylic acids is 1. The van der Waals surface area contributed by atoms with Gasteiger partial charge in [0.15, 0.2) is 0 Å². The lowest BCUT2D eigenvalue weighted by atomic mass is 10.0. The van der Waals surface area contributed by atoms with E-state index in [0.717, 1.165) is 6.42 Å². The molecule has 0 fully saturated rings. The Labute approximate surface area is 73.7 Å². The summed E-state index contributed by atoms with van der Waals surface area (Å²) >= 11 is 0. The molecule has 3 nitrogen and oxygen atoms in total. The maximum absolute atomic E-state index is 10.8. The molecule has 0 rings (SSSR count). The van der Waals surface area contributed by atoms with E-state index in [4.69, 9.17) is 4.74 Å². The molecule has 0 aromatic carbocycles. The molecule has 2 atom stereocenters. The number of carbonyl (C=O) groups is 1. The summed E-state index contributed by atoms with van der Waals surface area (Å²) in [7, 11) is 0. The molecule has 0 bridgehead atoms. The van der Waals surface area contributed by atoms with Gasteiger partial charge in [0.1, 0.15) is 5.78 Å². The Morgan fingerprint density at radius 2 is 2.17 bits per heavy atom. The molecule has 0 aliphatic carbocycles. The molecule has 3 heteroatoms. The lowest BCUT2D eigenvalue weighted by Gasteiger charge is -2.15. The van der Waals surface area contributed by atoms with Gasteiger partial charge in [0, 0.05) is 12.5 Å². The van der Waals surface area contributed by atoms with Crippen molar-refractivity contribution < 1.29 is 14.6 Å². The van der Waals surface area contributed by atoms with E-state index in [1.54, 1.807) is 6.92 Å². The van der Waals surface area contributed by atoms with Crippen molar-refractivity contribution >= 4 is 5.78 Å². The molecule has 0 saturated carbocycles. The van der Waals surface area contributed by atoms with E-state index in [9.17, 15) is 9.90 Å². The topological polar surface area (TPSA) is 46.5 Å². The fourth-order valence-electron chi connectivity index (χ4n) is 0.764. The fraction of sp³-hybridized carbons (Fsp3) is 0.889. The van der Waals surface area contributed by atoms with Crippen molar-refractivity contribution in [1.29, 1.82) is 0 Å². The second kappa shape index (κ2) is 6.14. The van der Waals surface area contributed by atoms with Gasteiger partial charge in [-0.25, -0.2) is 0 Å². The minimum atomic E-state index is -0.658. The maximum atomic E-state index is 10.8. The summed E-state index contributed by atoms with van der Waals surface area (Å²) in [6, 6.07) is 0. The quantitative estimate of drug-likeness (QED) is 0.611. The van der Waals surface area contributed by atoms with Crippen LogP contribution in [0.2, 0.25) is 0 Å². The van der Waals surface area contributed by atoms with Gasteiger partial charge in [-0.05, 0) is 13.3 Å². The zero-order chi connectivity index (χ0) is 9.56. The van der Waals surface area contributed by atoms with Gasteiger partial charge in [0.25, 0.3) is 0 Å². The molecule has 2 unspecified atom stereocenters. The third-order valence-electron chi connectivity index (χ3n) is 1.86. The number of aliphatic hydroxyl groups excluding tert-OH is 1. The van der Waals surface area contributed by atoms with Gasteiger partial charge in [-0.1, -0.05) is 13.8 Å². The van der Waals surface area contributed by atoms with Gasteiger partial charge in [-0.3, -0.25) is 4.79 Å². The molecule has 0 aromatic rings. The SMILES string of the molecule is CCCOCC(O)C(C)C(C)=O. The first-order valence-electron chi connectivity index (χ1n) is 4.35. The average Bonchev–Trinajstić information content (AvgIpc) is 2.03. The Bertz CT molecular complexity index is 134. The van der Waals surface area contributed by atoms with Crippen molar-refractivity contribution in [2.75, 3.05) is 13.2 Å². The van der Waals surface area contributed by atoms with Gasteiger partial charge in [0.2, 0.25) is 0 Å². The standard InChI is InChI=1S/C9H18O3/c1-4-5-12-6-9(11)7(2)8(3)10/h7,9,11H,4-6H2,1-3H3. The summed E-state index contributed by atoms with van der Waals surface area (Å²) in [5.74, 6) is -0.315. The van der Waals surface area contributed by atoms with Crippen LogP contribution < -0.4 is 0 Å². The van der Waals surface area contributed by atoms with Crippen LogP contribution in [0.1, 0.15) is 27.2 Å². The lowest BCUT2D eigenvalue weighted by molar-refractivity contribution is -0.125. The third kappa shape index (κ3) is 4.46. The molecule has 0 aliphatic heterocycles. The number of ether oxygens (including phenoxy) is 1. The second-order valence-electron chi connectivity index (χ2n) is 3.04. The Morgan fingerprint density at radius 3 is 2.58 bits per heavy atom. The van der Waals surface area contributed by atoms with E-state index < -0.39 is 6.10 Å². The largest absolute Gasteiger partial charge is 0.390 e. The first kappa shape index (κ1) is 11.6. The molecule has 1 N–H and O–H groups in total. The molecular formula is C9H18O3. The molecule has 0 spiro atoms. The highest BCUT2D eigenvalue weighted by molar-refractivity contribution is 5.78. The Hall–Kier alpha value is -0.410. The normalized spacial score (nSPS) is 15.7. The van der Waals surface area contributed by atoms with Crippen LogP contribution >= 0.6 is 0 Å². The molecule has 0 aromatic heterocycles. The Balaban J connectivity index is 3.56. The molecule has 0 saturated heterocycles. The Morgan fingerprint density at radius 1 is 1.58 bits per heavy atom. The van der Waals surface area contributed by atoms with Crippen LogP contribution in [0.15, 0.2) is 0 Å². The zero-order valence-corrected chi connectivity index (χ0v) is 8.04. The predicted octanol–water partition coefficient (Wildman–Crippen LogP) is 0.999. The molecule has 72 valence electrons. The zero-order valence-electron chi connectivity index (χ0n) is 8.04. The van der Waals surface area contributed by atoms with Crippen LogP contribution in [0.3, 0.4) is 0 Å². The lowest BCUT2D eigenvalue weighted by Crippen LogP contribution is -2.28. The van der Waals surface area contributed by atoms with Crippen molar-refractivity contribution in [1.82, 2.24) is 0 Å². The van der Waals surface area contributed by atoms with Crippen LogP contribution in [0, 0.1) is 5.92 Å². The van der Waals surface area contributed by atoms with E-state index in [1.165, 1.54) is 6.92 Å². The van der Waals surface area contributed by atoms with Crippen LogP contribution in [0.25, 0.3) is 0 Å². The molecule has 0 amide bonds. The van der Waals surface area contributed by atoms with Crippen molar-refractivity contribution in [2.24, 2.45) is 5.92 Å². The minimum absolute atomic E-state index is 0.00241. The van der Waals surface area contributed by atoms with Crippen LogP contribution in [-0.4, -0.2) is 30.2 Å². The van der Waals surface area contributed by atoms with E-state index >= 15 is 0 Å². The van der Waals surface area contributed by atoms with Gasteiger partial charge in [-0.2, -0.15) is 0 Å². The summed E-state index contributed by atoms with van der Waals surface area (Å²) in [6.45, 7) is 6.09. The predicted molar refractivity (Wildman–Crippen MR) is 47.0 cm³/mol. The first-order chi connectivity index (χ1) is 5.59. The first-order valence-corrected chi connectivity index (χ1v) is 4.35. The van der Waals surface area contributed by atoms with Gasteiger partial charge in [-0.15, -0.1) is 0 Å². The maximum Gasteiger partial charge on any atom is 0.135 e. The number of Topliss-reactive ketones (excluding diaryl/α,β-unsaturated/α-hetero) is 1. The monoisotopic (exact) mass is 174 g/mol. The van der Waals surface area contributed by atoms with E-state index in [0.29, 0.717) is 6.61 Å². The number of hydrogen-bond acceptors (Lipinski definition) is 3. The highest BCUT2D eigenvalue weighted by Crippen LogP contribution is 2.04. The number of ketones is 1. The van der Waals surface area contributed by atoms with E-state index in [2.05, 4.69) is 0 Å². The number of rotatable bonds is 6. The van der Waals surface area contributed by atoms with E-state index in [1.807, 2.05) is 6.92 Å². The van der Waals surface area contributed by atoms with Crippen molar-refractivity contribution in [2.45, 2.75) is 33.3 Å². The number of aliphatic hydroxyl groups is 1. The molecule has 12 heavy (non-hydrogen) atoms. The fourth-order valence-corrected chi connectivity index (χ4v) is 0.764. The molecule has 0 aliphatic rings. The van der Waals surface area contributed by atoms with Crippen molar-refractivity contribution in [3.05, 3.63) is 0 Å². The smallest absolute Gasteiger partial charge is 0.135 e. The van der Waals surface area contributed by atoms with Crippen LogP contribution in [0.5, 0.6) is 0 Å².